The second kappa shape index (κ2) is 6.28. The molecule has 3 heteroatoms. The topological polar surface area (TPSA) is 40.5 Å². The van der Waals surface area contributed by atoms with Gasteiger partial charge in [0.25, 0.3) is 0 Å². The van der Waals surface area contributed by atoms with Gasteiger partial charge in [0.1, 0.15) is 0 Å². The zero-order chi connectivity index (χ0) is 12.0. The van der Waals surface area contributed by atoms with Crippen LogP contribution in [0.15, 0.2) is 30.3 Å². The summed E-state index contributed by atoms with van der Waals surface area (Å²) in [5.41, 5.74) is 1.26. The fraction of sp³-hybridized carbons (Fsp3) is 0.462. The smallest absolute Gasteiger partial charge is 0.303 e. The molecule has 0 saturated carbocycles. The molecular formula is C13H19NO2. The summed E-state index contributed by atoms with van der Waals surface area (Å²) in [6.07, 6.45) is 1.83. The Morgan fingerprint density at radius 1 is 1.31 bits per heavy atom. The average Bonchev–Trinajstić information content (AvgIpc) is 2.25. The molecule has 0 amide bonds. The number of hydrogen-bond donors (Lipinski definition) is 1. The van der Waals surface area contributed by atoms with Crippen molar-refractivity contribution in [2.24, 2.45) is 0 Å². The Labute approximate surface area is 96.7 Å². The summed E-state index contributed by atoms with van der Waals surface area (Å²) in [5.74, 6) is -0.722. The Bertz CT molecular complexity index is 322. The van der Waals surface area contributed by atoms with Crippen molar-refractivity contribution in [1.29, 1.82) is 0 Å². The third kappa shape index (κ3) is 4.45. The van der Waals surface area contributed by atoms with E-state index >= 15 is 0 Å². The minimum Gasteiger partial charge on any atom is -0.481 e. The summed E-state index contributed by atoms with van der Waals surface area (Å²) in [4.78, 5) is 12.7. The van der Waals surface area contributed by atoms with Crippen LogP contribution < -0.4 is 0 Å². The van der Waals surface area contributed by atoms with Crippen molar-refractivity contribution in [3.8, 4) is 0 Å². The molecule has 0 heterocycles. The molecule has 3 nitrogen and oxygen atoms in total. The maximum atomic E-state index is 10.6. The van der Waals surface area contributed by atoms with Crippen LogP contribution in [0.4, 0.5) is 0 Å². The first-order chi connectivity index (χ1) is 7.59. The monoisotopic (exact) mass is 221 g/mol. The van der Waals surface area contributed by atoms with Gasteiger partial charge in [-0.3, -0.25) is 4.79 Å². The Hall–Kier alpha value is -1.35. The molecule has 0 saturated heterocycles. The molecule has 0 spiro atoms. The normalized spacial score (nSPS) is 12.7. The molecule has 1 aromatic carbocycles. The van der Waals surface area contributed by atoms with E-state index in [0.29, 0.717) is 12.5 Å². The Balaban J connectivity index is 2.54. The molecule has 1 rings (SSSR count). The predicted octanol–water partition coefficient (Wildman–Crippen LogP) is 2.02. The van der Waals surface area contributed by atoms with E-state index in [0.717, 1.165) is 6.42 Å². The van der Waals surface area contributed by atoms with E-state index in [2.05, 4.69) is 17.0 Å². The van der Waals surface area contributed by atoms with E-state index in [-0.39, 0.29) is 6.42 Å². The van der Waals surface area contributed by atoms with Crippen molar-refractivity contribution >= 4 is 5.97 Å². The van der Waals surface area contributed by atoms with E-state index < -0.39 is 5.97 Å². The van der Waals surface area contributed by atoms with Crippen LogP contribution in [0, 0.1) is 0 Å². The second-order valence-corrected chi connectivity index (χ2v) is 4.24. The quantitative estimate of drug-likeness (QED) is 0.799. The number of carboxylic acids is 1. The first-order valence-electron chi connectivity index (χ1n) is 5.51. The lowest BCUT2D eigenvalue weighted by Crippen LogP contribution is -2.30. The van der Waals surface area contributed by atoms with Gasteiger partial charge < -0.3 is 10.0 Å². The number of hydrogen-bond acceptors (Lipinski definition) is 2. The summed E-state index contributed by atoms with van der Waals surface area (Å²) in [7, 11) is 3.99. The maximum Gasteiger partial charge on any atom is 0.303 e. The van der Waals surface area contributed by atoms with Gasteiger partial charge in [-0.15, -0.1) is 0 Å². The first kappa shape index (κ1) is 12.7. The highest BCUT2D eigenvalue weighted by atomic mass is 16.4. The van der Waals surface area contributed by atoms with Gasteiger partial charge in [0, 0.05) is 12.5 Å². The molecule has 88 valence electrons. The number of nitrogens with zero attached hydrogens (tertiary/aromatic N) is 1. The van der Waals surface area contributed by atoms with Crippen molar-refractivity contribution in [2.45, 2.75) is 25.3 Å². The van der Waals surface area contributed by atoms with Gasteiger partial charge in [0.05, 0.1) is 0 Å². The minimum atomic E-state index is -0.722. The number of carbonyl (C=O) groups is 1. The zero-order valence-corrected chi connectivity index (χ0v) is 9.89. The van der Waals surface area contributed by atoms with Gasteiger partial charge in [-0.05, 0) is 32.5 Å². The van der Waals surface area contributed by atoms with Crippen LogP contribution in [0.5, 0.6) is 0 Å². The van der Waals surface area contributed by atoms with Crippen LogP contribution in [0.25, 0.3) is 0 Å². The van der Waals surface area contributed by atoms with Crippen molar-refractivity contribution in [3.05, 3.63) is 35.9 Å². The SMILES string of the molecule is CN(C)[C@H](CCC(=O)O)Cc1ccccc1. The molecule has 0 fully saturated rings. The fourth-order valence-corrected chi connectivity index (χ4v) is 1.72. The lowest BCUT2D eigenvalue weighted by Gasteiger charge is -2.23. The molecule has 0 bridgehead atoms. The molecule has 1 N–H and O–H groups in total. The van der Waals surface area contributed by atoms with Gasteiger partial charge in [0.2, 0.25) is 0 Å². The van der Waals surface area contributed by atoms with Gasteiger partial charge >= 0.3 is 5.97 Å². The molecule has 0 unspecified atom stereocenters. The molecule has 0 aliphatic rings. The second-order valence-electron chi connectivity index (χ2n) is 4.24. The van der Waals surface area contributed by atoms with Gasteiger partial charge in [-0.25, -0.2) is 0 Å². The third-order valence-electron chi connectivity index (χ3n) is 2.74. The third-order valence-corrected chi connectivity index (χ3v) is 2.74. The predicted molar refractivity (Wildman–Crippen MR) is 64.5 cm³/mol. The highest BCUT2D eigenvalue weighted by Crippen LogP contribution is 2.11. The van der Waals surface area contributed by atoms with E-state index in [4.69, 9.17) is 5.11 Å². The Morgan fingerprint density at radius 2 is 1.94 bits per heavy atom. The highest BCUT2D eigenvalue weighted by molar-refractivity contribution is 5.66. The van der Waals surface area contributed by atoms with Crippen molar-refractivity contribution in [3.63, 3.8) is 0 Å². The van der Waals surface area contributed by atoms with Crippen LogP contribution in [0.1, 0.15) is 18.4 Å². The number of carboxylic acid groups (broad SMARTS) is 1. The van der Waals surface area contributed by atoms with Crippen molar-refractivity contribution in [2.75, 3.05) is 14.1 Å². The fourth-order valence-electron chi connectivity index (χ4n) is 1.72. The lowest BCUT2D eigenvalue weighted by atomic mass is 10.0. The minimum absolute atomic E-state index is 0.232. The Morgan fingerprint density at radius 3 is 2.44 bits per heavy atom. The van der Waals surface area contributed by atoms with Gasteiger partial charge in [0.15, 0.2) is 0 Å². The Kier molecular flexibility index (Phi) is 4.99. The molecule has 1 atom stereocenters. The molecule has 0 aromatic heterocycles. The van der Waals surface area contributed by atoms with E-state index in [1.165, 1.54) is 5.56 Å². The summed E-state index contributed by atoms with van der Waals surface area (Å²) >= 11 is 0. The first-order valence-corrected chi connectivity index (χ1v) is 5.51. The number of benzene rings is 1. The van der Waals surface area contributed by atoms with E-state index in [1.54, 1.807) is 0 Å². The molecule has 16 heavy (non-hydrogen) atoms. The molecule has 0 aliphatic heterocycles. The van der Waals surface area contributed by atoms with Crippen LogP contribution in [0.2, 0.25) is 0 Å². The van der Waals surface area contributed by atoms with E-state index in [9.17, 15) is 4.79 Å². The molecular weight excluding hydrogens is 202 g/mol. The van der Waals surface area contributed by atoms with Crippen LogP contribution in [-0.4, -0.2) is 36.1 Å². The van der Waals surface area contributed by atoms with Crippen molar-refractivity contribution < 1.29 is 9.90 Å². The molecule has 0 aliphatic carbocycles. The van der Waals surface area contributed by atoms with Gasteiger partial charge in [-0.1, -0.05) is 30.3 Å². The largest absolute Gasteiger partial charge is 0.481 e. The van der Waals surface area contributed by atoms with Crippen molar-refractivity contribution in [1.82, 2.24) is 4.90 Å². The number of rotatable bonds is 6. The molecule has 1 aromatic rings. The summed E-state index contributed by atoms with van der Waals surface area (Å²) < 4.78 is 0. The average molecular weight is 221 g/mol. The highest BCUT2D eigenvalue weighted by Gasteiger charge is 2.13. The zero-order valence-electron chi connectivity index (χ0n) is 9.89. The standard InChI is InChI=1S/C13H19NO2/c1-14(2)12(8-9-13(15)16)10-11-6-4-3-5-7-11/h3-7,12H,8-10H2,1-2H3,(H,15,16)/t12-/m1/s1. The van der Waals surface area contributed by atoms with Crippen LogP contribution in [-0.2, 0) is 11.2 Å². The van der Waals surface area contributed by atoms with Crippen LogP contribution >= 0.6 is 0 Å². The number of aliphatic carboxylic acids is 1. The van der Waals surface area contributed by atoms with Gasteiger partial charge in [-0.2, -0.15) is 0 Å². The van der Waals surface area contributed by atoms with Crippen LogP contribution in [0.3, 0.4) is 0 Å². The summed E-state index contributed by atoms with van der Waals surface area (Å²) in [6.45, 7) is 0. The van der Waals surface area contributed by atoms with E-state index in [1.807, 2.05) is 32.3 Å². The molecule has 0 radical (unpaired) electrons. The summed E-state index contributed by atoms with van der Waals surface area (Å²) in [5, 5.41) is 8.69. The maximum absolute atomic E-state index is 10.6. The summed E-state index contributed by atoms with van der Waals surface area (Å²) in [6, 6.07) is 10.5. The number of likely N-dealkylation sites (N-methyl/N-ethyl adjacent to an activating group) is 1. The lowest BCUT2D eigenvalue weighted by molar-refractivity contribution is -0.137.